The van der Waals surface area contributed by atoms with E-state index in [1.807, 2.05) is 0 Å². The van der Waals surface area contributed by atoms with Gasteiger partial charge in [-0.05, 0) is 12.1 Å². The van der Waals surface area contributed by atoms with Crippen LogP contribution in [0.4, 0.5) is 0 Å². The highest BCUT2D eigenvalue weighted by molar-refractivity contribution is 8.13. The zero-order valence-corrected chi connectivity index (χ0v) is 10.6. The van der Waals surface area contributed by atoms with E-state index in [4.69, 9.17) is 16.9 Å². The van der Waals surface area contributed by atoms with E-state index in [9.17, 15) is 9.59 Å². The SMILES string of the molecule is N=C(N=C(N)N)SCN1C(=O)c2ccccc2C1=O. The van der Waals surface area contributed by atoms with Gasteiger partial charge in [-0.25, -0.2) is 0 Å². The summed E-state index contributed by atoms with van der Waals surface area (Å²) in [5, 5.41) is 7.29. The first-order valence-corrected chi connectivity index (χ1v) is 6.25. The van der Waals surface area contributed by atoms with Gasteiger partial charge < -0.3 is 11.5 Å². The van der Waals surface area contributed by atoms with Gasteiger partial charge in [-0.2, -0.15) is 4.99 Å². The maximum Gasteiger partial charge on any atom is 0.262 e. The number of rotatable bonds is 2. The smallest absolute Gasteiger partial charge is 0.262 e. The lowest BCUT2D eigenvalue weighted by molar-refractivity contribution is 0.0684. The number of hydrogen-bond acceptors (Lipinski definition) is 4. The third-order valence-electron chi connectivity index (χ3n) is 2.44. The van der Waals surface area contributed by atoms with Crippen LogP contribution in [0.3, 0.4) is 0 Å². The maximum atomic E-state index is 12.0. The van der Waals surface area contributed by atoms with Crippen molar-refractivity contribution in [3.8, 4) is 0 Å². The minimum atomic E-state index is -0.370. The van der Waals surface area contributed by atoms with Crippen LogP contribution in [0.15, 0.2) is 29.3 Å². The quantitative estimate of drug-likeness (QED) is 0.404. The molecule has 0 unspecified atom stereocenters. The van der Waals surface area contributed by atoms with Crippen molar-refractivity contribution in [1.82, 2.24) is 4.90 Å². The standard InChI is InChI=1S/C11H11N5O2S/c12-10(13)15-11(14)19-5-16-8(17)6-3-1-2-4-7(6)9(16)18/h1-4H,5H2,(H5,12,13,14,15). The van der Waals surface area contributed by atoms with Crippen LogP contribution in [0.1, 0.15) is 20.7 Å². The van der Waals surface area contributed by atoms with E-state index in [-0.39, 0.29) is 28.8 Å². The number of amidine groups is 1. The molecule has 0 atom stereocenters. The first-order valence-electron chi connectivity index (χ1n) is 5.27. The third kappa shape index (κ3) is 2.58. The number of benzene rings is 1. The van der Waals surface area contributed by atoms with E-state index in [2.05, 4.69) is 4.99 Å². The number of carbonyl (C=O) groups is 2. The van der Waals surface area contributed by atoms with E-state index >= 15 is 0 Å². The molecule has 98 valence electrons. The summed E-state index contributed by atoms with van der Waals surface area (Å²) in [6.07, 6.45) is 0. The summed E-state index contributed by atoms with van der Waals surface area (Å²) >= 11 is 0.900. The van der Waals surface area contributed by atoms with Gasteiger partial charge in [0.2, 0.25) is 0 Å². The fourth-order valence-corrected chi connectivity index (χ4v) is 2.29. The van der Waals surface area contributed by atoms with Crippen LogP contribution < -0.4 is 11.5 Å². The van der Waals surface area contributed by atoms with Gasteiger partial charge in [0.15, 0.2) is 11.1 Å². The number of hydrogen-bond donors (Lipinski definition) is 3. The van der Waals surface area contributed by atoms with Gasteiger partial charge in [0, 0.05) is 0 Å². The van der Waals surface area contributed by atoms with Crippen molar-refractivity contribution < 1.29 is 9.59 Å². The number of nitrogens with one attached hydrogen (secondary N) is 1. The molecule has 0 saturated carbocycles. The Kier molecular flexibility index (Phi) is 3.52. The predicted molar refractivity (Wildman–Crippen MR) is 72.9 cm³/mol. The fourth-order valence-electron chi connectivity index (χ4n) is 1.63. The number of nitrogens with zero attached hydrogens (tertiary/aromatic N) is 2. The highest BCUT2D eigenvalue weighted by atomic mass is 32.2. The minimum absolute atomic E-state index is 0.00194. The average Bonchev–Trinajstić information content (AvgIpc) is 2.60. The van der Waals surface area contributed by atoms with Gasteiger partial charge in [-0.15, -0.1) is 0 Å². The molecular weight excluding hydrogens is 266 g/mol. The Balaban J connectivity index is 2.09. The van der Waals surface area contributed by atoms with Gasteiger partial charge in [0.1, 0.15) is 0 Å². The first-order chi connectivity index (χ1) is 9.00. The topological polar surface area (TPSA) is 126 Å². The molecule has 2 amide bonds. The summed E-state index contributed by atoms with van der Waals surface area (Å²) in [5.41, 5.74) is 11.0. The summed E-state index contributed by atoms with van der Waals surface area (Å²) < 4.78 is 0. The molecule has 7 nitrogen and oxygen atoms in total. The third-order valence-corrected chi connectivity index (χ3v) is 3.19. The predicted octanol–water partition coefficient (Wildman–Crippen LogP) is 0.181. The number of amides is 2. The Morgan fingerprint density at radius 3 is 2.21 bits per heavy atom. The van der Waals surface area contributed by atoms with Crippen LogP contribution in [0.2, 0.25) is 0 Å². The Bertz CT molecular complexity index is 560. The van der Waals surface area contributed by atoms with Crippen molar-refractivity contribution in [2.24, 2.45) is 16.5 Å². The average molecular weight is 277 g/mol. The van der Waals surface area contributed by atoms with Crippen molar-refractivity contribution in [1.29, 1.82) is 5.41 Å². The summed E-state index contributed by atoms with van der Waals surface area (Å²) in [4.78, 5) is 28.5. The number of guanidine groups is 1. The molecule has 0 aliphatic carbocycles. The van der Waals surface area contributed by atoms with Crippen LogP contribution >= 0.6 is 11.8 Å². The molecule has 0 bridgehead atoms. The van der Waals surface area contributed by atoms with Gasteiger partial charge in [-0.3, -0.25) is 19.9 Å². The normalized spacial score (nSPS) is 13.4. The largest absolute Gasteiger partial charge is 0.370 e. The lowest BCUT2D eigenvalue weighted by Crippen LogP contribution is -2.30. The zero-order chi connectivity index (χ0) is 14.0. The molecular formula is C11H11N5O2S. The number of thioether (sulfide) groups is 1. The number of nitrogens with two attached hydrogens (primary N) is 2. The van der Waals surface area contributed by atoms with Crippen molar-refractivity contribution in [2.45, 2.75) is 0 Å². The number of aliphatic imine (C=N–C) groups is 1. The molecule has 19 heavy (non-hydrogen) atoms. The minimum Gasteiger partial charge on any atom is -0.370 e. The lowest BCUT2D eigenvalue weighted by Gasteiger charge is -2.12. The van der Waals surface area contributed by atoms with Gasteiger partial charge in [-0.1, -0.05) is 23.9 Å². The van der Waals surface area contributed by atoms with E-state index < -0.39 is 0 Å². The Labute approximate surface area is 113 Å². The van der Waals surface area contributed by atoms with Crippen molar-refractivity contribution >= 4 is 34.7 Å². The molecule has 0 saturated heterocycles. The van der Waals surface area contributed by atoms with Crippen molar-refractivity contribution in [3.63, 3.8) is 0 Å². The molecule has 2 rings (SSSR count). The van der Waals surface area contributed by atoms with Crippen LogP contribution in [-0.2, 0) is 0 Å². The summed E-state index contributed by atoms with van der Waals surface area (Å²) in [7, 11) is 0. The molecule has 0 spiro atoms. The molecule has 0 radical (unpaired) electrons. The van der Waals surface area contributed by atoms with E-state index in [1.54, 1.807) is 24.3 Å². The van der Waals surface area contributed by atoms with Crippen LogP contribution in [-0.4, -0.2) is 33.7 Å². The molecule has 0 aromatic heterocycles. The molecule has 1 aromatic rings. The highest BCUT2D eigenvalue weighted by Crippen LogP contribution is 2.24. The second kappa shape index (κ2) is 5.11. The summed E-state index contributed by atoms with van der Waals surface area (Å²) in [5.74, 6) is -0.974. The van der Waals surface area contributed by atoms with Crippen molar-refractivity contribution in [2.75, 3.05) is 5.88 Å². The van der Waals surface area contributed by atoms with Crippen LogP contribution in [0.25, 0.3) is 0 Å². The molecule has 1 aromatic carbocycles. The van der Waals surface area contributed by atoms with E-state index in [0.29, 0.717) is 11.1 Å². The van der Waals surface area contributed by atoms with Gasteiger partial charge >= 0.3 is 0 Å². The molecule has 1 aliphatic heterocycles. The number of imide groups is 1. The second-order valence-electron chi connectivity index (χ2n) is 3.70. The van der Waals surface area contributed by atoms with Gasteiger partial charge in [0.05, 0.1) is 17.0 Å². The zero-order valence-electron chi connectivity index (χ0n) is 9.79. The summed E-state index contributed by atoms with van der Waals surface area (Å²) in [6.45, 7) is 0. The van der Waals surface area contributed by atoms with Crippen LogP contribution in [0.5, 0.6) is 0 Å². The molecule has 5 N–H and O–H groups in total. The number of fused-ring (bicyclic) bond motifs is 1. The Morgan fingerprint density at radius 1 is 1.21 bits per heavy atom. The Morgan fingerprint density at radius 2 is 1.74 bits per heavy atom. The molecule has 1 aliphatic rings. The molecule has 0 fully saturated rings. The fraction of sp³-hybridized carbons (Fsp3) is 0.0909. The molecule has 8 heteroatoms. The highest BCUT2D eigenvalue weighted by Gasteiger charge is 2.34. The van der Waals surface area contributed by atoms with E-state index in [0.717, 1.165) is 16.7 Å². The first kappa shape index (κ1) is 13.1. The summed E-state index contributed by atoms with van der Waals surface area (Å²) in [6, 6.07) is 6.59. The van der Waals surface area contributed by atoms with Gasteiger partial charge in [0.25, 0.3) is 11.8 Å². The lowest BCUT2D eigenvalue weighted by atomic mass is 10.1. The second-order valence-corrected chi connectivity index (χ2v) is 4.63. The van der Waals surface area contributed by atoms with Crippen LogP contribution in [0, 0.1) is 5.41 Å². The van der Waals surface area contributed by atoms with Crippen molar-refractivity contribution in [3.05, 3.63) is 35.4 Å². The molecule has 1 heterocycles. The monoisotopic (exact) mass is 277 g/mol. The van der Waals surface area contributed by atoms with E-state index in [1.165, 1.54) is 0 Å². The number of carbonyl (C=O) groups excluding carboxylic acids is 2. The Hall–Kier alpha value is -2.35. The maximum absolute atomic E-state index is 12.0.